The zero-order valence-electron chi connectivity index (χ0n) is 14.6. The molecule has 0 unspecified atom stereocenters. The Morgan fingerprint density at radius 2 is 2.25 bits per heavy atom. The van der Waals surface area contributed by atoms with Crippen LogP contribution in [0.15, 0.2) is 12.4 Å². The van der Waals surface area contributed by atoms with Crippen LogP contribution in [0.4, 0.5) is 0 Å². The zero-order chi connectivity index (χ0) is 17.1. The number of carbonyl (C=O) groups is 1. The number of carbonyl (C=O) groups excluding carboxylic acids is 1. The second-order valence-corrected chi connectivity index (χ2v) is 6.37. The van der Waals surface area contributed by atoms with Crippen LogP contribution in [0.2, 0.25) is 0 Å². The Morgan fingerprint density at radius 3 is 3.04 bits per heavy atom. The number of aromatic nitrogens is 5. The number of hydrogen-bond acceptors (Lipinski definition) is 5. The van der Waals surface area contributed by atoms with E-state index in [9.17, 15) is 4.79 Å². The summed E-state index contributed by atoms with van der Waals surface area (Å²) in [6, 6.07) is 1.68. The molecular formula is C16H25N7O. The number of nitrogens with one attached hydrogen (secondary N) is 1. The molecule has 0 bridgehead atoms. The predicted octanol–water partition coefficient (Wildman–Crippen LogP) is 1.21. The van der Waals surface area contributed by atoms with Crippen molar-refractivity contribution >= 4 is 5.91 Å². The molecule has 0 saturated carbocycles. The molecule has 8 nitrogen and oxygen atoms in total. The third-order valence-electron chi connectivity index (χ3n) is 4.25. The van der Waals surface area contributed by atoms with E-state index >= 15 is 0 Å². The Bertz CT molecular complexity index is 705. The summed E-state index contributed by atoms with van der Waals surface area (Å²) in [4.78, 5) is 19.1. The summed E-state index contributed by atoms with van der Waals surface area (Å²) in [7, 11) is 2.09. The average molecular weight is 331 g/mol. The molecule has 8 heteroatoms. The number of fused-ring (bicyclic) bond motifs is 1. The fourth-order valence-corrected chi connectivity index (χ4v) is 3.06. The lowest BCUT2D eigenvalue weighted by Crippen LogP contribution is -2.29. The SMILES string of the molecule is CCCn1ncnc1[C@H](C)NC(=O)c1cc2n(n1)CCCN(C)C2. The van der Waals surface area contributed by atoms with Gasteiger partial charge in [-0.25, -0.2) is 9.67 Å². The normalized spacial score (nSPS) is 16.5. The van der Waals surface area contributed by atoms with Crippen LogP contribution in [0.25, 0.3) is 0 Å². The first-order valence-electron chi connectivity index (χ1n) is 8.52. The van der Waals surface area contributed by atoms with Crippen LogP contribution < -0.4 is 5.32 Å². The standard InChI is InChI=1S/C16H25N7O/c1-4-6-23-15(17-11-18-23)12(2)19-16(24)14-9-13-10-21(3)7-5-8-22(13)20-14/h9,11-12H,4-8,10H2,1-3H3,(H,19,24)/t12-/m0/s1. The summed E-state index contributed by atoms with van der Waals surface area (Å²) in [6.07, 6.45) is 3.55. The highest BCUT2D eigenvalue weighted by atomic mass is 16.2. The van der Waals surface area contributed by atoms with Gasteiger partial charge in [0.15, 0.2) is 5.69 Å². The maximum Gasteiger partial charge on any atom is 0.272 e. The van der Waals surface area contributed by atoms with Crippen LogP contribution in [0, 0.1) is 0 Å². The van der Waals surface area contributed by atoms with Crippen molar-refractivity contribution in [2.24, 2.45) is 0 Å². The summed E-state index contributed by atoms with van der Waals surface area (Å²) < 4.78 is 3.78. The van der Waals surface area contributed by atoms with Crippen molar-refractivity contribution in [3.63, 3.8) is 0 Å². The van der Waals surface area contributed by atoms with Crippen molar-refractivity contribution < 1.29 is 4.79 Å². The van der Waals surface area contributed by atoms with Crippen molar-refractivity contribution in [1.82, 2.24) is 34.8 Å². The molecule has 3 rings (SSSR count). The zero-order valence-corrected chi connectivity index (χ0v) is 14.6. The van der Waals surface area contributed by atoms with Crippen LogP contribution in [0.3, 0.4) is 0 Å². The molecule has 1 aliphatic heterocycles. The number of rotatable bonds is 5. The molecule has 1 N–H and O–H groups in total. The molecule has 0 saturated heterocycles. The van der Waals surface area contributed by atoms with E-state index < -0.39 is 0 Å². The van der Waals surface area contributed by atoms with Crippen LogP contribution in [-0.4, -0.2) is 48.9 Å². The average Bonchev–Trinajstić information content (AvgIpc) is 3.12. The van der Waals surface area contributed by atoms with Gasteiger partial charge in [-0.2, -0.15) is 10.2 Å². The number of nitrogens with zero attached hydrogens (tertiary/aromatic N) is 6. The third-order valence-corrected chi connectivity index (χ3v) is 4.25. The van der Waals surface area contributed by atoms with E-state index in [0.29, 0.717) is 5.69 Å². The van der Waals surface area contributed by atoms with E-state index in [1.165, 1.54) is 6.33 Å². The highest BCUT2D eigenvalue weighted by Gasteiger charge is 2.21. The van der Waals surface area contributed by atoms with Gasteiger partial charge in [-0.1, -0.05) is 6.92 Å². The van der Waals surface area contributed by atoms with Crippen LogP contribution in [-0.2, 0) is 19.6 Å². The molecule has 3 heterocycles. The molecular weight excluding hydrogens is 306 g/mol. The molecule has 24 heavy (non-hydrogen) atoms. The van der Waals surface area contributed by atoms with Gasteiger partial charge in [0.2, 0.25) is 0 Å². The molecule has 2 aromatic heterocycles. The number of amides is 1. The largest absolute Gasteiger partial charge is 0.341 e. The molecule has 0 spiro atoms. The monoisotopic (exact) mass is 331 g/mol. The Balaban J connectivity index is 1.71. The maximum atomic E-state index is 12.5. The van der Waals surface area contributed by atoms with Crippen LogP contribution >= 0.6 is 0 Å². The lowest BCUT2D eigenvalue weighted by atomic mass is 10.2. The van der Waals surface area contributed by atoms with Crippen molar-refractivity contribution in [2.75, 3.05) is 13.6 Å². The van der Waals surface area contributed by atoms with Gasteiger partial charge in [-0.05, 0) is 32.9 Å². The second-order valence-electron chi connectivity index (χ2n) is 6.37. The van der Waals surface area contributed by atoms with Gasteiger partial charge in [0, 0.05) is 26.2 Å². The van der Waals surface area contributed by atoms with Gasteiger partial charge in [0.05, 0.1) is 11.7 Å². The van der Waals surface area contributed by atoms with Crippen molar-refractivity contribution in [2.45, 2.75) is 52.4 Å². The van der Waals surface area contributed by atoms with Gasteiger partial charge in [0.1, 0.15) is 12.2 Å². The van der Waals surface area contributed by atoms with Crippen molar-refractivity contribution in [1.29, 1.82) is 0 Å². The number of aryl methyl sites for hydroxylation is 2. The van der Waals surface area contributed by atoms with E-state index in [2.05, 4.69) is 39.4 Å². The molecule has 1 aliphatic rings. The third kappa shape index (κ3) is 3.48. The Hall–Kier alpha value is -2.22. The van der Waals surface area contributed by atoms with E-state index in [0.717, 1.165) is 50.5 Å². The molecule has 0 fully saturated rings. The molecule has 0 radical (unpaired) electrons. The van der Waals surface area contributed by atoms with Gasteiger partial charge in [0.25, 0.3) is 5.91 Å². The van der Waals surface area contributed by atoms with Gasteiger partial charge < -0.3 is 10.2 Å². The molecule has 0 aromatic carbocycles. The first kappa shape index (κ1) is 16.6. The summed E-state index contributed by atoms with van der Waals surface area (Å²) in [5.74, 6) is 0.600. The molecule has 1 amide bonds. The summed E-state index contributed by atoms with van der Waals surface area (Å²) in [6.45, 7) is 7.52. The lowest BCUT2D eigenvalue weighted by Gasteiger charge is -2.13. The van der Waals surface area contributed by atoms with E-state index in [4.69, 9.17) is 0 Å². The van der Waals surface area contributed by atoms with Crippen molar-refractivity contribution in [3.05, 3.63) is 29.6 Å². The van der Waals surface area contributed by atoms with Gasteiger partial charge in [-0.15, -0.1) is 0 Å². The fraction of sp³-hybridized carbons (Fsp3) is 0.625. The summed E-state index contributed by atoms with van der Waals surface area (Å²) >= 11 is 0. The van der Waals surface area contributed by atoms with E-state index in [1.807, 2.05) is 22.4 Å². The molecule has 0 aliphatic carbocycles. The minimum absolute atomic E-state index is 0.170. The summed E-state index contributed by atoms with van der Waals surface area (Å²) in [5, 5.41) is 11.7. The topological polar surface area (TPSA) is 80.9 Å². The van der Waals surface area contributed by atoms with E-state index in [1.54, 1.807) is 0 Å². The Kier molecular flexibility index (Phi) is 4.94. The lowest BCUT2D eigenvalue weighted by molar-refractivity contribution is 0.0931. The Labute approximate surface area is 141 Å². The second kappa shape index (κ2) is 7.12. The minimum atomic E-state index is -0.212. The highest BCUT2D eigenvalue weighted by Crippen LogP contribution is 2.14. The number of hydrogen-bond donors (Lipinski definition) is 1. The molecule has 1 atom stereocenters. The fourth-order valence-electron chi connectivity index (χ4n) is 3.06. The van der Waals surface area contributed by atoms with Crippen molar-refractivity contribution in [3.8, 4) is 0 Å². The first-order valence-corrected chi connectivity index (χ1v) is 8.52. The quantitative estimate of drug-likeness (QED) is 0.891. The molecule has 2 aromatic rings. The first-order chi connectivity index (χ1) is 11.6. The van der Waals surface area contributed by atoms with Gasteiger partial charge >= 0.3 is 0 Å². The maximum absolute atomic E-state index is 12.5. The van der Waals surface area contributed by atoms with Gasteiger partial charge in [-0.3, -0.25) is 9.48 Å². The van der Waals surface area contributed by atoms with Crippen LogP contribution in [0.5, 0.6) is 0 Å². The highest BCUT2D eigenvalue weighted by molar-refractivity contribution is 5.92. The van der Waals surface area contributed by atoms with Crippen LogP contribution in [0.1, 0.15) is 54.7 Å². The Morgan fingerprint density at radius 1 is 1.42 bits per heavy atom. The van der Waals surface area contributed by atoms with E-state index in [-0.39, 0.29) is 11.9 Å². The molecule has 130 valence electrons. The summed E-state index contributed by atoms with van der Waals surface area (Å²) in [5.41, 5.74) is 1.55. The smallest absolute Gasteiger partial charge is 0.272 e. The minimum Gasteiger partial charge on any atom is -0.341 e. The predicted molar refractivity (Wildman–Crippen MR) is 89.4 cm³/mol.